The highest BCUT2D eigenvalue weighted by Crippen LogP contribution is 2.57. The molecule has 5 heterocycles. The highest BCUT2D eigenvalue weighted by molar-refractivity contribution is 7.91. The van der Waals surface area contributed by atoms with Crippen LogP contribution in [0, 0.1) is 28.6 Å². The number of piperidine rings is 1. The Kier molecular flexibility index (Phi) is 11.8. The third-order valence-electron chi connectivity index (χ3n) is 14.5. The third kappa shape index (κ3) is 9.05. The number of aromatic nitrogens is 2. The molecule has 6 aliphatic rings. The molecule has 2 unspecified atom stereocenters. The summed E-state index contributed by atoms with van der Waals surface area (Å²) < 4.78 is 47.4. The Balaban J connectivity index is 1.14. The van der Waals surface area contributed by atoms with Gasteiger partial charge in [0.15, 0.2) is 5.78 Å². The largest absolute Gasteiger partial charge is 0.489 e. The summed E-state index contributed by atoms with van der Waals surface area (Å²) in [6.07, 6.45) is 12.0. The van der Waals surface area contributed by atoms with Crippen molar-refractivity contribution in [2.24, 2.45) is 28.6 Å². The van der Waals surface area contributed by atoms with Crippen LogP contribution in [0.3, 0.4) is 0 Å². The lowest BCUT2D eigenvalue weighted by Crippen LogP contribution is -2.49. The van der Waals surface area contributed by atoms with Crippen molar-refractivity contribution in [3.8, 4) is 11.6 Å². The molecular formula is C46H63N5O9S. The molecule has 2 aromatic rings. The van der Waals surface area contributed by atoms with E-state index in [4.69, 9.17) is 19.2 Å². The van der Waals surface area contributed by atoms with Gasteiger partial charge >= 0.3 is 5.97 Å². The zero-order valence-corrected chi connectivity index (χ0v) is 37.3. The number of nitrogens with zero attached hydrogens (tertiary/aromatic N) is 4. The molecule has 3 aliphatic carbocycles. The molecule has 0 radical (unpaired) electrons. The lowest BCUT2D eigenvalue weighted by molar-refractivity contribution is -0.154. The summed E-state index contributed by atoms with van der Waals surface area (Å²) in [5, 5.41) is 0.806. The molecule has 2 amide bonds. The molecule has 2 aromatic heterocycles. The zero-order chi connectivity index (χ0) is 43.5. The molecule has 2 bridgehead atoms. The van der Waals surface area contributed by atoms with E-state index in [0.29, 0.717) is 36.4 Å². The highest BCUT2D eigenvalue weighted by Gasteiger charge is 2.62. The maximum absolute atomic E-state index is 14.9. The van der Waals surface area contributed by atoms with Gasteiger partial charge < -0.3 is 24.0 Å². The number of nitrogens with one attached hydrogen (secondary N) is 1. The summed E-state index contributed by atoms with van der Waals surface area (Å²) in [4.78, 5) is 70.4. The van der Waals surface area contributed by atoms with E-state index in [1.165, 1.54) is 4.90 Å². The lowest BCUT2D eigenvalue weighted by atomic mass is 9.77. The number of carbonyl (C=O) groups excluding carboxylic acids is 4. The van der Waals surface area contributed by atoms with E-state index < -0.39 is 61.5 Å². The fourth-order valence-electron chi connectivity index (χ4n) is 9.72. The minimum absolute atomic E-state index is 0.00181. The van der Waals surface area contributed by atoms with Gasteiger partial charge in [0.1, 0.15) is 24.1 Å². The van der Waals surface area contributed by atoms with E-state index in [1.54, 1.807) is 25.4 Å². The van der Waals surface area contributed by atoms with Gasteiger partial charge in [0.05, 0.1) is 51.6 Å². The van der Waals surface area contributed by atoms with Gasteiger partial charge in [0.2, 0.25) is 27.7 Å². The number of ketones is 1. The number of Topliss-reactive ketones (excluding diaryl/α,β-unsaturated/α-hetero) is 1. The van der Waals surface area contributed by atoms with Crippen LogP contribution in [0.1, 0.15) is 117 Å². The van der Waals surface area contributed by atoms with Gasteiger partial charge in [-0.05, 0) is 95.1 Å². The number of fused-ring (bicyclic) bond motifs is 5. The van der Waals surface area contributed by atoms with Gasteiger partial charge in [-0.2, -0.15) is 0 Å². The maximum Gasteiger partial charge on any atom is 0.306 e. The molecule has 0 spiro atoms. The average molecular weight is 862 g/mol. The fourth-order valence-corrected chi connectivity index (χ4v) is 11.0. The summed E-state index contributed by atoms with van der Waals surface area (Å²) in [6, 6.07) is 0.825. The third-order valence-corrected chi connectivity index (χ3v) is 16.6. The molecule has 1 N–H and O–H groups in total. The van der Waals surface area contributed by atoms with Crippen LogP contribution in [0.15, 0.2) is 31.1 Å². The van der Waals surface area contributed by atoms with E-state index in [9.17, 15) is 27.6 Å². The van der Waals surface area contributed by atoms with Crippen molar-refractivity contribution in [1.29, 1.82) is 0 Å². The Hall–Kier alpha value is -4.11. The number of ether oxygens (including phenoxy) is 3. The van der Waals surface area contributed by atoms with Crippen molar-refractivity contribution in [2.45, 2.75) is 147 Å². The lowest BCUT2D eigenvalue weighted by Gasteiger charge is -2.34. The second-order valence-electron chi connectivity index (χ2n) is 20.2. The molecule has 0 aromatic carbocycles. The molecule has 61 heavy (non-hydrogen) atoms. The van der Waals surface area contributed by atoms with Crippen LogP contribution in [0.5, 0.6) is 11.6 Å². The number of carbonyl (C=O) groups is 4. The summed E-state index contributed by atoms with van der Waals surface area (Å²) in [6.45, 7) is 13.1. The molecule has 7 atom stereocenters. The van der Waals surface area contributed by atoms with Gasteiger partial charge in [-0.1, -0.05) is 39.7 Å². The molecule has 332 valence electrons. The molecule has 3 saturated carbocycles. The number of likely N-dealkylation sites (tertiary alicyclic amines) is 1. The Morgan fingerprint density at radius 1 is 1.08 bits per heavy atom. The number of rotatable bonds is 9. The molecule has 8 rings (SSSR count). The predicted molar refractivity (Wildman–Crippen MR) is 228 cm³/mol. The first-order chi connectivity index (χ1) is 28.9. The number of hydrogen-bond donors (Lipinski definition) is 1. The van der Waals surface area contributed by atoms with Crippen molar-refractivity contribution in [1.82, 2.24) is 24.5 Å². The van der Waals surface area contributed by atoms with Gasteiger partial charge in [-0.25, -0.2) is 13.4 Å². The second-order valence-corrected chi connectivity index (χ2v) is 22.4. The number of amides is 2. The molecule has 14 nitrogen and oxygen atoms in total. The van der Waals surface area contributed by atoms with Crippen LogP contribution in [-0.2, 0) is 40.4 Å². The normalized spacial score (nSPS) is 31.1. The van der Waals surface area contributed by atoms with Crippen LogP contribution in [0.2, 0.25) is 0 Å². The molecule has 15 heteroatoms. The van der Waals surface area contributed by atoms with E-state index in [0.717, 1.165) is 69.0 Å². The van der Waals surface area contributed by atoms with Gasteiger partial charge in [0.25, 0.3) is 0 Å². The summed E-state index contributed by atoms with van der Waals surface area (Å²) in [5.74, 6) is -1.72. The van der Waals surface area contributed by atoms with Crippen molar-refractivity contribution < 1.29 is 41.8 Å². The topological polar surface area (TPSA) is 174 Å². The van der Waals surface area contributed by atoms with Gasteiger partial charge in [-0.3, -0.25) is 28.9 Å². The van der Waals surface area contributed by atoms with Crippen LogP contribution in [-0.4, -0.2) is 108 Å². The molecule has 3 aliphatic heterocycles. The van der Waals surface area contributed by atoms with Crippen LogP contribution in [0.25, 0.3) is 10.9 Å². The number of hydrogen-bond acceptors (Lipinski definition) is 12. The van der Waals surface area contributed by atoms with Crippen molar-refractivity contribution >= 4 is 44.5 Å². The van der Waals surface area contributed by atoms with Crippen LogP contribution >= 0.6 is 0 Å². The minimum Gasteiger partial charge on any atom is -0.489 e. The summed E-state index contributed by atoms with van der Waals surface area (Å²) in [7, 11) is -1.85. The van der Waals surface area contributed by atoms with E-state index in [2.05, 4.69) is 28.2 Å². The highest BCUT2D eigenvalue weighted by atomic mass is 32.2. The summed E-state index contributed by atoms with van der Waals surface area (Å²) >= 11 is 0. The molecule has 2 saturated heterocycles. The Bertz CT molecular complexity index is 2180. The van der Waals surface area contributed by atoms with Crippen molar-refractivity contribution in [3.63, 3.8) is 0 Å². The van der Waals surface area contributed by atoms with Crippen molar-refractivity contribution in [3.05, 3.63) is 36.7 Å². The number of esters is 1. The Morgan fingerprint density at radius 3 is 2.52 bits per heavy atom. The smallest absolute Gasteiger partial charge is 0.306 e. The predicted octanol–water partition coefficient (Wildman–Crippen LogP) is 5.70. The first-order valence-electron chi connectivity index (χ1n) is 22.4. The van der Waals surface area contributed by atoms with Crippen molar-refractivity contribution in [2.75, 3.05) is 26.7 Å². The number of pyridine rings is 2. The van der Waals surface area contributed by atoms with Gasteiger partial charge in [-0.15, -0.1) is 6.58 Å². The first kappa shape index (κ1) is 43.5. The van der Waals surface area contributed by atoms with E-state index in [1.807, 2.05) is 26.8 Å². The monoisotopic (exact) mass is 861 g/mol. The van der Waals surface area contributed by atoms with Crippen LogP contribution in [0.4, 0.5) is 0 Å². The second kappa shape index (κ2) is 16.5. The first-order valence-corrected chi connectivity index (χ1v) is 23.9. The minimum atomic E-state index is -3.97. The van der Waals surface area contributed by atoms with Crippen LogP contribution < -0.4 is 14.2 Å². The standard InChI is InChI=1S/C46H63N5O9S/c1-7-29-24-46(29,43(55)49-61(56,57)45(5)16-17-45)25-37(52)36-22-31-27-51(36)42(54)34(44(2,3)4)23-39(53)60-38-21-28(38)11-9-8-10-12-32-40(58-30-14-19-50(6)20-15-30)33-26-47-18-13-35(33)48-41(32)59-31/h7,13,18,26,28-31,34,36,38H,1,8-12,14-17,19-25,27H2,2-6H3,(H,49,55)/t28?,29-,31-,34-,36+,38+,46?/m1/s1. The number of sulfonamides is 1. The van der Waals surface area contributed by atoms with E-state index in [-0.39, 0.29) is 62.0 Å². The Labute approximate surface area is 360 Å². The quantitative estimate of drug-likeness (QED) is 0.241. The maximum atomic E-state index is 14.9. The zero-order valence-electron chi connectivity index (χ0n) is 36.5. The molecule has 5 fully saturated rings. The number of allylic oxidation sites excluding steroid dienone is 1. The SMILES string of the molecule is C=C[C@@H]1CC1(CC(=O)[C@@H]1C[C@@H]2CN1C(=O)[C@H](C(C)(C)C)CC(=O)O[C@H]1CC1CCCCCc1c(nc3ccncc3c1OC1CCN(C)CC1)O2)C(=O)NS(=O)(=O)C1(C)CC1. The van der Waals surface area contributed by atoms with E-state index >= 15 is 0 Å². The Morgan fingerprint density at radius 2 is 1.84 bits per heavy atom. The summed E-state index contributed by atoms with van der Waals surface area (Å²) in [5.41, 5.74) is -0.485. The molecular weight excluding hydrogens is 799 g/mol. The van der Waals surface area contributed by atoms with Gasteiger partial charge in [0, 0.05) is 38.3 Å². The average Bonchev–Trinajstić information content (AvgIpc) is 4.17. The fraction of sp³-hybridized carbons (Fsp3) is 0.696.